The zero-order chi connectivity index (χ0) is 10.7. The summed E-state index contributed by atoms with van der Waals surface area (Å²) in [5, 5.41) is 9.18. The van der Waals surface area contributed by atoms with E-state index in [4.69, 9.17) is 5.73 Å². The molecule has 1 fully saturated rings. The van der Waals surface area contributed by atoms with Crippen LogP contribution in [0.2, 0.25) is 0 Å². The third-order valence-electron chi connectivity index (χ3n) is 3.35. The number of phenols is 1. The van der Waals surface area contributed by atoms with Crippen LogP contribution in [0.25, 0.3) is 0 Å². The van der Waals surface area contributed by atoms with Crippen molar-refractivity contribution in [3.63, 3.8) is 0 Å². The molecule has 1 aromatic rings. The summed E-state index contributed by atoms with van der Waals surface area (Å²) in [6.07, 6.45) is 5.97. The minimum Gasteiger partial charge on any atom is -0.508 e. The van der Waals surface area contributed by atoms with E-state index in [9.17, 15) is 5.11 Å². The number of nitrogens with two attached hydrogens (primary N) is 1. The fraction of sp³-hybridized carbons (Fsp3) is 0.538. The van der Waals surface area contributed by atoms with Gasteiger partial charge in [0.05, 0.1) is 0 Å². The van der Waals surface area contributed by atoms with Crippen LogP contribution in [0, 0.1) is 5.92 Å². The molecule has 0 bridgehead atoms. The standard InChI is InChI=1S/C13H19NO/c14-12-5-1-10(2-6-12)9-11-3-7-13(15)8-4-11/h3-4,7-8,10,12,15H,1-2,5-6,9,14H2. The van der Waals surface area contributed by atoms with Gasteiger partial charge in [0, 0.05) is 6.04 Å². The molecule has 1 aromatic carbocycles. The van der Waals surface area contributed by atoms with E-state index in [0.29, 0.717) is 11.8 Å². The average molecular weight is 205 g/mol. The highest BCUT2D eigenvalue weighted by Crippen LogP contribution is 2.26. The van der Waals surface area contributed by atoms with Gasteiger partial charge in [-0.15, -0.1) is 0 Å². The third-order valence-corrected chi connectivity index (χ3v) is 3.35. The summed E-state index contributed by atoms with van der Waals surface area (Å²) in [6, 6.07) is 8.00. The predicted octanol–water partition coefficient (Wildman–Crippen LogP) is 2.45. The van der Waals surface area contributed by atoms with Crippen molar-refractivity contribution >= 4 is 0 Å². The maximum absolute atomic E-state index is 9.18. The van der Waals surface area contributed by atoms with Gasteiger partial charge in [0.25, 0.3) is 0 Å². The van der Waals surface area contributed by atoms with Crippen LogP contribution < -0.4 is 5.73 Å². The van der Waals surface area contributed by atoms with Crippen molar-refractivity contribution in [2.45, 2.75) is 38.1 Å². The van der Waals surface area contributed by atoms with Crippen LogP contribution in [0.5, 0.6) is 5.75 Å². The lowest BCUT2D eigenvalue weighted by molar-refractivity contribution is 0.325. The van der Waals surface area contributed by atoms with E-state index >= 15 is 0 Å². The van der Waals surface area contributed by atoms with Crippen LogP contribution >= 0.6 is 0 Å². The van der Waals surface area contributed by atoms with Gasteiger partial charge in [0.2, 0.25) is 0 Å². The zero-order valence-electron chi connectivity index (χ0n) is 9.02. The van der Waals surface area contributed by atoms with E-state index in [-0.39, 0.29) is 0 Å². The van der Waals surface area contributed by atoms with Gasteiger partial charge in [-0.05, 0) is 55.7 Å². The minimum atomic E-state index is 0.351. The highest BCUT2D eigenvalue weighted by Gasteiger charge is 2.18. The average Bonchev–Trinajstić information content (AvgIpc) is 2.25. The SMILES string of the molecule is NC1CCC(Cc2ccc(O)cc2)CC1. The number of rotatable bonds is 2. The maximum Gasteiger partial charge on any atom is 0.115 e. The highest BCUT2D eigenvalue weighted by atomic mass is 16.3. The second kappa shape index (κ2) is 4.67. The summed E-state index contributed by atoms with van der Waals surface area (Å²) in [7, 11) is 0. The summed E-state index contributed by atoms with van der Waals surface area (Å²) in [5.41, 5.74) is 7.20. The van der Waals surface area contributed by atoms with Gasteiger partial charge in [0.1, 0.15) is 5.75 Å². The van der Waals surface area contributed by atoms with Crippen LogP contribution in [-0.2, 0) is 6.42 Å². The van der Waals surface area contributed by atoms with Crippen LogP contribution in [0.1, 0.15) is 31.2 Å². The third kappa shape index (κ3) is 2.96. The maximum atomic E-state index is 9.18. The molecule has 1 aliphatic rings. The molecule has 0 aromatic heterocycles. The van der Waals surface area contributed by atoms with Crippen LogP contribution in [0.4, 0.5) is 0 Å². The molecule has 0 aliphatic heterocycles. The minimum absolute atomic E-state index is 0.351. The molecule has 0 spiro atoms. The molecule has 15 heavy (non-hydrogen) atoms. The van der Waals surface area contributed by atoms with Gasteiger partial charge in [-0.3, -0.25) is 0 Å². The quantitative estimate of drug-likeness (QED) is 0.779. The van der Waals surface area contributed by atoms with Gasteiger partial charge in [0.15, 0.2) is 0 Å². The fourth-order valence-corrected chi connectivity index (χ4v) is 2.36. The van der Waals surface area contributed by atoms with E-state index < -0.39 is 0 Å². The molecule has 0 atom stereocenters. The van der Waals surface area contributed by atoms with E-state index in [2.05, 4.69) is 0 Å². The van der Waals surface area contributed by atoms with Crippen molar-refractivity contribution in [3.8, 4) is 5.75 Å². The summed E-state index contributed by atoms with van der Waals surface area (Å²) in [5.74, 6) is 1.14. The fourth-order valence-electron chi connectivity index (χ4n) is 2.36. The lowest BCUT2D eigenvalue weighted by Crippen LogP contribution is -2.27. The number of aromatic hydroxyl groups is 1. The van der Waals surface area contributed by atoms with E-state index in [1.54, 1.807) is 12.1 Å². The van der Waals surface area contributed by atoms with E-state index in [1.807, 2.05) is 12.1 Å². The van der Waals surface area contributed by atoms with Crippen molar-refractivity contribution in [1.29, 1.82) is 0 Å². The molecule has 2 nitrogen and oxygen atoms in total. The summed E-state index contributed by atoms with van der Waals surface area (Å²) >= 11 is 0. The Morgan fingerprint density at radius 2 is 1.67 bits per heavy atom. The molecule has 3 N–H and O–H groups in total. The molecule has 0 amide bonds. The second-order valence-electron chi connectivity index (χ2n) is 4.65. The monoisotopic (exact) mass is 205 g/mol. The highest BCUT2D eigenvalue weighted by molar-refractivity contribution is 5.26. The van der Waals surface area contributed by atoms with Gasteiger partial charge < -0.3 is 10.8 Å². The van der Waals surface area contributed by atoms with Crippen molar-refractivity contribution in [2.24, 2.45) is 11.7 Å². The summed E-state index contributed by atoms with van der Waals surface area (Å²) in [4.78, 5) is 0. The molecule has 0 unspecified atom stereocenters. The number of hydrogen-bond donors (Lipinski definition) is 2. The molecule has 1 aliphatic carbocycles. The van der Waals surface area contributed by atoms with Crippen molar-refractivity contribution in [2.75, 3.05) is 0 Å². The zero-order valence-corrected chi connectivity index (χ0v) is 9.02. The lowest BCUT2D eigenvalue weighted by atomic mass is 9.83. The molecule has 82 valence electrons. The van der Waals surface area contributed by atoms with Gasteiger partial charge in [-0.2, -0.15) is 0 Å². The predicted molar refractivity (Wildman–Crippen MR) is 61.7 cm³/mol. The first-order valence-electron chi connectivity index (χ1n) is 5.77. The number of hydrogen-bond acceptors (Lipinski definition) is 2. The van der Waals surface area contributed by atoms with Crippen molar-refractivity contribution in [1.82, 2.24) is 0 Å². The van der Waals surface area contributed by atoms with Crippen LogP contribution in [-0.4, -0.2) is 11.1 Å². The topological polar surface area (TPSA) is 46.2 Å². The van der Waals surface area contributed by atoms with Gasteiger partial charge in [-0.25, -0.2) is 0 Å². The Morgan fingerprint density at radius 1 is 1.07 bits per heavy atom. The molecule has 1 saturated carbocycles. The molecule has 0 radical (unpaired) electrons. The van der Waals surface area contributed by atoms with Gasteiger partial charge in [-0.1, -0.05) is 12.1 Å². The first kappa shape index (κ1) is 10.5. The molecular weight excluding hydrogens is 186 g/mol. The van der Waals surface area contributed by atoms with Gasteiger partial charge >= 0.3 is 0 Å². The Kier molecular flexibility index (Phi) is 3.27. The largest absolute Gasteiger partial charge is 0.508 e. The Balaban J connectivity index is 1.89. The van der Waals surface area contributed by atoms with Crippen molar-refractivity contribution in [3.05, 3.63) is 29.8 Å². The molecule has 0 saturated heterocycles. The Morgan fingerprint density at radius 3 is 2.27 bits per heavy atom. The smallest absolute Gasteiger partial charge is 0.115 e. The van der Waals surface area contributed by atoms with E-state index in [1.165, 1.54) is 31.2 Å². The molecular formula is C13H19NO. The Hall–Kier alpha value is -1.02. The number of benzene rings is 1. The first-order chi connectivity index (χ1) is 7.24. The first-order valence-corrected chi connectivity index (χ1v) is 5.77. The number of phenolic OH excluding ortho intramolecular Hbond substituents is 1. The van der Waals surface area contributed by atoms with E-state index in [0.717, 1.165) is 12.3 Å². The lowest BCUT2D eigenvalue weighted by Gasteiger charge is -2.26. The van der Waals surface area contributed by atoms with Crippen LogP contribution in [0.15, 0.2) is 24.3 Å². The summed E-state index contributed by atoms with van der Waals surface area (Å²) < 4.78 is 0. The summed E-state index contributed by atoms with van der Waals surface area (Å²) in [6.45, 7) is 0. The second-order valence-corrected chi connectivity index (χ2v) is 4.65. The molecule has 2 heteroatoms. The van der Waals surface area contributed by atoms with Crippen molar-refractivity contribution < 1.29 is 5.11 Å². The Bertz CT molecular complexity index is 299. The normalized spacial score (nSPS) is 26.5. The molecule has 2 rings (SSSR count). The van der Waals surface area contributed by atoms with Crippen LogP contribution in [0.3, 0.4) is 0 Å². The Labute approximate surface area is 91.1 Å². The molecule has 0 heterocycles.